The fourth-order valence-corrected chi connectivity index (χ4v) is 2.35. The van der Waals surface area contributed by atoms with Crippen molar-refractivity contribution in [3.8, 4) is 5.88 Å². The van der Waals surface area contributed by atoms with E-state index in [-0.39, 0.29) is 33.1 Å². The van der Waals surface area contributed by atoms with Crippen molar-refractivity contribution >= 4 is 21.5 Å². The molecule has 0 spiro atoms. The van der Waals surface area contributed by atoms with Crippen LogP contribution in [-0.2, 0) is 32.4 Å². The van der Waals surface area contributed by atoms with Crippen molar-refractivity contribution in [1.29, 1.82) is 0 Å². The summed E-state index contributed by atoms with van der Waals surface area (Å²) in [6, 6.07) is 9.08. The number of anilines is 2. The smallest absolute Gasteiger partial charge is 0.397 e. The molecule has 1 unspecified atom stereocenters. The minimum Gasteiger partial charge on any atom is -0.480 e. The van der Waals surface area contributed by atoms with E-state index in [9.17, 15) is 8.42 Å². The Morgan fingerprint density at radius 2 is 1.85 bits per heavy atom. The molecule has 0 aliphatic heterocycles. The Kier molecular flexibility index (Phi) is 5.52. The predicted molar refractivity (Wildman–Crippen MR) is 71.4 cm³/mol. The second-order valence-corrected chi connectivity index (χ2v) is 5.39. The second kappa shape index (κ2) is 6.71. The Hall–Kier alpha value is -1.61. The molecule has 0 aliphatic carbocycles. The van der Waals surface area contributed by atoms with Gasteiger partial charge in [0, 0.05) is 34.1 Å². The summed E-state index contributed by atoms with van der Waals surface area (Å²) in [4.78, 5) is 0.208. The Morgan fingerprint density at radius 1 is 1.20 bits per heavy atom. The fraction of sp³-hybridized carbons (Fsp3) is 0.0909. The summed E-state index contributed by atoms with van der Waals surface area (Å²) in [6.07, 6.45) is 0. The maximum absolute atomic E-state index is 12.1. The number of nitrogens with zero attached hydrogens (tertiary/aromatic N) is 2. The van der Waals surface area contributed by atoms with Crippen LogP contribution in [0.2, 0.25) is 0 Å². The third-order valence-corrected chi connectivity index (χ3v) is 3.69. The minimum absolute atomic E-state index is 0. The van der Waals surface area contributed by atoms with Gasteiger partial charge in [-0.05, 0) is 30.3 Å². The van der Waals surface area contributed by atoms with E-state index in [4.69, 9.17) is 10.5 Å². The zero-order valence-corrected chi connectivity index (χ0v) is 12.7. The first kappa shape index (κ1) is 16.4. The molecule has 2 aromatic rings. The van der Waals surface area contributed by atoms with Crippen molar-refractivity contribution in [2.45, 2.75) is 4.90 Å². The molecule has 0 saturated heterocycles. The van der Waals surface area contributed by atoms with Crippen molar-refractivity contribution in [2.75, 3.05) is 17.6 Å². The van der Waals surface area contributed by atoms with Crippen molar-refractivity contribution in [3.05, 3.63) is 36.4 Å². The third-order valence-electron chi connectivity index (χ3n) is 2.29. The van der Waals surface area contributed by atoms with Gasteiger partial charge in [-0.15, -0.1) is 10.2 Å². The minimum atomic E-state index is -3.45. The number of hydrogen-bond acceptors (Lipinski definition) is 5. The van der Waals surface area contributed by atoms with Gasteiger partial charge in [0.2, 0.25) is 5.88 Å². The number of benzene rings is 1. The molecule has 0 saturated carbocycles. The summed E-state index contributed by atoms with van der Waals surface area (Å²) >= 11 is 0. The molecule has 0 fully saturated rings. The molecule has 2 rings (SSSR count). The monoisotopic (exact) mass is 388 g/mol. The number of rotatable bonds is 4. The van der Waals surface area contributed by atoms with Gasteiger partial charge in [0.25, 0.3) is 0 Å². The molecule has 1 aromatic carbocycles. The standard InChI is InChI=1S/C11H12N4O3S.Ag/c1-18-11-7-6-10(13-14-11)15-19(16,17)9-4-2-8(12)3-5-9;/h2-7H,12H2,1H3,(H,13,15,16,17);/p+1. The molecule has 1 atom stereocenters. The molecule has 1 radical (unpaired) electrons. The first-order valence-corrected chi connectivity index (χ1v) is 6.80. The van der Waals surface area contributed by atoms with E-state index < -0.39 is 10.0 Å². The number of nitrogens with one attached hydrogen (secondary N) is 1. The third kappa shape index (κ3) is 3.94. The van der Waals surface area contributed by atoms with Crippen molar-refractivity contribution in [1.82, 2.24) is 10.2 Å². The van der Waals surface area contributed by atoms with Gasteiger partial charge in [-0.1, -0.05) is 0 Å². The van der Waals surface area contributed by atoms with Crippen molar-refractivity contribution in [3.63, 3.8) is 0 Å². The van der Waals surface area contributed by atoms with E-state index in [1.54, 1.807) is 12.1 Å². The van der Waals surface area contributed by atoms with Crippen LogP contribution in [0.4, 0.5) is 11.5 Å². The topological polar surface area (TPSA) is 112 Å². The number of aromatic nitrogens is 2. The van der Waals surface area contributed by atoms with Crippen LogP contribution in [0.15, 0.2) is 41.3 Å². The Balaban J connectivity index is 0.00000200. The van der Waals surface area contributed by atoms with Gasteiger partial charge in [0.15, 0.2) is 5.82 Å². The van der Waals surface area contributed by atoms with Crippen LogP contribution in [0.3, 0.4) is 0 Å². The first-order valence-electron chi connectivity index (χ1n) is 5.29. The number of hydrogen-bond donors (Lipinski definition) is 2. The van der Waals surface area contributed by atoms with Gasteiger partial charge < -0.3 is 10.5 Å². The molecule has 4 N–H and O–H groups in total. The molecule has 0 aliphatic rings. The average molecular weight is 389 g/mol. The second-order valence-electron chi connectivity index (χ2n) is 3.66. The van der Waals surface area contributed by atoms with E-state index in [2.05, 4.69) is 14.9 Å². The summed E-state index contributed by atoms with van der Waals surface area (Å²) in [5.41, 5.74) is 6.04. The molecule has 20 heavy (non-hydrogen) atoms. The zero-order valence-electron chi connectivity index (χ0n) is 10.4. The summed E-state index contributed by atoms with van der Waals surface area (Å²) in [7, 11) is -1.99. The fourth-order valence-electron chi connectivity index (χ4n) is 1.34. The molecule has 0 bridgehead atoms. The maximum atomic E-state index is 12.1. The molecular weight excluding hydrogens is 376 g/mol. The van der Waals surface area contributed by atoms with Gasteiger partial charge in [0.05, 0.1) is 7.11 Å². The Bertz CT molecular complexity index is 659. The van der Waals surface area contributed by atoms with E-state index >= 15 is 0 Å². The summed E-state index contributed by atoms with van der Waals surface area (Å²) < 4.78 is 29.3. The summed E-state index contributed by atoms with van der Waals surface area (Å²) in [5, 5.41) is 7.43. The van der Waals surface area contributed by atoms with E-state index in [1.807, 2.05) is 0 Å². The quantitative estimate of drug-likeness (QED) is 0.461. The largest absolute Gasteiger partial charge is 0.480 e. The van der Waals surface area contributed by atoms with Gasteiger partial charge in [0.1, 0.15) is 4.90 Å². The van der Waals surface area contributed by atoms with Crippen LogP contribution >= 0.6 is 0 Å². The van der Waals surface area contributed by atoms with Crippen LogP contribution in [0.5, 0.6) is 5.88 Å². The molecule has 7 nitrogen and oxygen atoms in total. The normalized spacial score (nSPS) is 12.8. The number of nitrogen functional groups attached to an aromatic ring is 1. The van der Waals surface area contributed by atoms with Gasteiger partial charge in [-0.25, -0.2) is 8.93 Å². The summed E-state index contributed by atoms with van der Waals surface area (Å²) in [6.45, 7) is 0. The van der Waals surface area contributed by atoms with E-state index in [0.29, 0.717) is 11.6 Å². The van der Waals surface area contributed by atoms with E-state index in [0.717, 1.165) is 0 Å². The van der Waals surface area contributed by atoms with Crippen LogP contribution in [0.25, 0.3) is 0 Å². The summed E-state index contributed by atoms with van der Waals surface area (Å²) in [5.74, 6) is 0.493. The van der Waals surface area contributed by atoms with Crippen LogP contribution in [-0.4, -0.2) is 25.7 Å². The molecule has 0 amide bonds. The zero-order chi connectivity index (χ0) is 13.9. The molecular formula is C11H13AgN4O3S+. The number of nitrogens with two attached hydrogens (primary N) is 1. The first-order chi connectivity index (χ1) is 9.01. The van der Waals surface area contributed by atoms with Gasteiger partial charge in [-0.2, -0.15) is 4.21 Å². The van der Waals surface area contributed by atoms with E-state index in [1.165, 1.54) is 31.4 Å². The van der Waals surface area contributed by atoms with Crippen LogP contribution < -0.4 is 15.2 Å². The Morgan fingerprint density at radius 3 is 2.35 bits per heavy atom. The average Bonchev–Trinajstić information content (AvgIpc) is 2.40. The molecule has 1 aromatic heterocycles. The molecule has 111 valence electrons. The predicted octanol–water partition coefficient (Wildman–Crippen LogP) is 1.02. The number of ether oxygens (including phenoxy) is 1. The molecule has 1 heterocycles. The van der Waals surface area contributed by atoms with Gasteiger partial charge >= 0.3 is 10.0 Å². The SMILES string of the molecule is COc1ccc(NS(=O)(=[OH+])c2ccc(N)cc2)nn1.[Ag]. The van der Waals surface area contributed by atoms with Crippen molar-refractivity contribution in [2.24, 2.45) is 0 Å². The molecule has 9 heteroatoms. The van der Waals surface area contributed by atoms with Gasteiger partial charge in [-0.3, -0.25) is 0 Å². The Labute approximate surface area is 132 Å². The van der Waals surface area contributed by atoms with Crippen molar-refractivity contribution < 1.29 is 35.5 Å². The number of methoxy groups -OCH3 is 1. The maximum Gasteiger partial charge on any atom is 0.397 e. The van der Waals surface area contributed by atoms with Crippen LogP contribution in [0, 0.1) is 0 Å². The van der Waals surface area contributed by atoms with Crippen LogP contribution in [0.1, 0.15) is 0 Å².